The van der Waals surface area contributed by atoms with Crippen molar-refractivity contribution in [2.45, 2.75) is 50.2 Å². The van der Waals surface area contributed by atoms with E-state index in [2.05, 4.69) is 10.1 Å². The number of esters is 1. The number of nitro groups is 2. The maximum atomic E-state index is 15.9. The Morgan fingerprint density at radius 1 is 1.11 bits per heavy atom. The van der Waals surface area contributed by atoms with Crippen LogP contribution in [0.4, 0.5) is 15.8 Å². The number of methoxy groups -OCH3 is 1. The van der Waals surface area contributed by atoms with Crippen LogP contribution in [-0.2, 0) is 15.1 Å². The second kappa shape index (κ2) is 12.6. The molecule has 0 bridgehead atoms. The van der Waals surface area contributed by atoms with Crippen molar-refractivity contribution in [1.29, 1.82) is 0 Å². The summed E-state index contributed by atoms with van der Waals surface area (Å²) in [7, 11) is 1.10. The number of benzene rings is 3. The number of amides is 1. The van der Waals surface area contributed by atoms with Crippen LogP contribution in [0.1, 0.15) is 64.4 Å². The van der Waals surface area contributed by atoms with Gasteiger partial charge in [-0.2, -0.15) is 0 Å². The highest BCUT2D eigenvalue weighted by atomic mass is 35.5. The van der Waals surface area contributed by atoms with E-state index in [4.69, 9.17) is 23.2 Å². The minimum Gasteiger partial charge on any atom is -0.465 e. The summed E-state index contributed by atoms with van der Waals surface area (Å²) in [6, 6.07) is 8.74. The molecule has 6 rings (SSSR count). The monoisotopic (exact) mass is 686 g/mol. The van der Waals surface area contributed by atoms with Crippen LogP contribution in [-0.4, -0.2) is 58.1 Å². The molecule has 1 N–H and O–H groups in total. The Bertz CT molecular complexity index is 1840. The number of likely N-dealkylation sites (tertiary alicyclic amines) is 1. The van der Waals surface area contributed by atoms with Gasteiger partial charge in [-0.1, -0.05) is 48.8 Å². The molecule has 1 spiro atoms. The number of halogens is 3. The molecule has 0 unspecified atom stereocenters. The number of hydrogen-bond donors (Lipinski definition) is 1. The number of nitrogens with zero attached hydrogens (tertiary/aromatic N) is 3. The van der Waals surface area contributed by atoms with E-state index in [0.717, 1.165) is 32.1 Å². The number of carbonyl (C=O) groups is 3. The smallest absolute Gasteiger partial charge is 0.338 e. The minimum absolute atomic E-state index is 0. The zero-order valence-corrected chi connectivity index (χ0v) is 25.6. The number of nitro benzene ring substituents is 1. The van der Waals surface area contributed by atoms with E-state index < -0.39 is 69.0 Å². The van der Waals surface area contributed by atoms with Crippen molar-refractivity contribution in [1.82, 2.24) is 4.90 Å². The number of hydrogen-bond acceptors (Lipinski definition) is 9. The zero-order valence-electron chi connectivity index (χ0n) is 24.1. The molecule has 3 aromatic rings. The Balaban J connectivity index is 0.00000433. The molecule has 1 aliphatic carbocycles. The molecular weight excluding hydrogens is 658 g/mol. The van der Waals surface area contributed by atoms with Crippen LogP contribution in [0.5, 0.6) is 0 Å². The van der Waals surface area contributed by atoms with Crippen LogP contribution >= 0.6 is 23.2 Å². The van der Waals surface area contributed by atoms with E-state index >= 15 is 4.39 Å². The molecule has 1 saturated carbocycles. The number of ether oxygens (including phenoxy) is 1. The molecule has 1 amide bonds. The van der Waals surface area contributed by atoms with Crippen LogP contribution in [0.3, 0.4) is 0 Å². The van der Waals surface area contributed by atoms with Gasteiger partial charge in [-0.3, -0.25) is 34.7 Å². The van der Waals surface area contributed by atoms with Crippen molar-refractivity contribution < 1.29 is 33.4 Å². The summed E-state index contributed by atoms with van der Waals surface area (Å²) in [4.78, 5) is 65.5. The second-order valence-electron chi connectivity index (χ2n) is 11.6. The van der Waals surface area contributed by atoms with Crippen molar-refractivity contribution in [2.75, 3.05) is 19.0 Å². The summed E-state index contributed by atoms with van der Waals surface area (Å²) in [6.07, 6.45) is 0.900. The molecule has 15 heteroatoms. The summed E-state index contributed by atoms with van der Waals surface area (Å²) in [5, 5.41) is 27.9. The van der Waals surface area contributed by atoms with E-state index in [-0.39, 0.29) is 52.3 Å². The molecule has 47 heavy (non-hydrogen) atoms. The fraction of sp³-hybridized carbons (Fsp3) is 0.344. The van der Waals surface area contributed by atoms with E-state index in [9.17, 15) is 34.6 Å². The lowest BCUT2D eigenvalue weighted by Crippen LogP contribution is -2.53. The van der Waals surface area contributed by atoms with Crippen LogP contribution in [0.2, 0.25) is 10.0 Å². The number of Topliss-reactive ketones (excluding diaryl/α,β-unsaturated/α-hetero) is 1. The van der Waals surface area contributed by atoms with E-state index in [1.54, 1.807) is 11.0 Å². The van der Waals surface area contributed by atoms with Crippen molar-refractivity contribution >= 4 is 52.2 Å². The summed E-state index contributed by atoms with van der Waals surface area (Å²) >= 11 is 12.4. The number of anilines is 1. The van der Waals surface area contributed by atoms with Gasteiger partial charge in [0.15, 0.2) is 5.78 Å². The first kappa shape index (κ1) is 33.9. The molecule has 2 fully saturated rings. The Labute approximate surface area is 278 Å². The van der Waals surface area contributed by atoms with Crippen LogP contribution in [0.25, 0.3) is 0 Å². The van der Waals surface area contributed by atoms with E-state index in [0.29, 0.717) is 5.56 Å². The van der Waals surface area contributed by atoms with Crippen molar-refractivity contribution in [3.8, 4) is 0 Å². The number of ketones is 1. The molecule has 2 aliphatic heterocycles. The lowest BCUT2D eigenvalue weighted by atomic mass is 9.73. The van der Waals surface area contributed by atoms with Gasteiger partial charge in [-0.25, -0.2) is 9.18 Å². The fourth-order valence-corrected chi connectivity index (χ4v) is 7.32. The zero-order chi connectivity index (χ0) is 33.1. The van der Waals surface area contributed by atoms with Crippen LogP contribution in [0, 0.1) is 32.0 Å². The lowest BCUT2D eigenvalue weighted by molar-refractivity contribution is -0.528. The van der Waals surface area contributed by atoms with Gasteiger partial charge in [0.1, 0.15) is 11.4 Å². The quantitative estimate of drug-likeness (QED) is 0.116. The first-order valence-electron chi connectivity index (χ1n) is 14.3. The predicted octanol–water partition coefficient (Wildman–Crippen LogP) is 6.41. The third-order valence-corrected chi connectivity index (χ3v) is 9.58. The van der Waals surface area contributed by atoms with Crippen LogP contribution in [0.15, 0.2) is 54.6 Å². The van der Waals surface area contributed by atoms with Gasteiger partial charge in [0, 0.05) is 45.8 Å². The molecule has 12 nitrogen and oxygen atoms in total. The average molecular weight is 688 g/mol. The Morgan fingerprint density at radius 3 is 2.47 bits per heavy atom. The molecule has 2 heterocycles. The van der Waals surface area contributed by atoms with Crippen LogP contribution < -0.4 is 5.32 Å². The van der Waals surface area contributed by atoms with Gasteiger partial charge in [-0.15, -0.1) is 0 Å². The highest BCUT2D eigenvalue weighted by Crippen LogP contribution is 2.59. The summed E-state index contributed by atoms with van der Waals surface area (Å²) in [6.45, 7) is 0.153. The normalized spacial score (nSPS) is 23.1. The molecule has 0 radical (unpaired) electrons. The van der Waals surface area contributed by atoms with Gasteiger partial charge in [0.25, 0.3) is 11.6 Å². The molecule has 3 aliphatic rings. The summed E-state index contributed by atoms with van der Waals surface area (Å²) in [5.41, 5.74) is -2.69. The number of rotatable bonds is 9. The molecule has 4 atom stereocenters. The third-order valence-electron chi connectivity index (χ3n) is 9.05. The standard InChI is InChI=1S/C31H25Cl2FN4O8.CH4/c1-46-29(40)16-7-9-18(23(11-16)37(42)43)25(39)13-24-28(38(44)45)26(19-3-2-4-21(33)27(19)34)31(36(24)14-15-5-6-15)20-10-8-17(32)12-22(20)35-30(31)41;/h2-4,7-12,15,24,26,28H,5-6,13-14H2,1H3,(H,35,41);1H4/t24-,26-,28+,31+;/m0./s1. The lowest BCUT2D eigenvalue weighted by Gasteiger charge is -2.38. The van der Waals surface area contributed by atoms with Gasteiger partial charge in [0.05, 0.1) is 40.1 Å². The second-order valence-corrected chi connectivity index (χ2v) is 12.4. The number of fused-ring (bicyclic) bond motifs is 2. The van der Waals surface area contributed by atoms with Crippen molar-refractivity contribution in [3.05, 3.63) is 113 Å². The number of carbonyl (C=O) groups excluding carboxylic acids is 3. The molecule has 246 valence electrons. The fourth-order valence-electron chi connectivity index (χ4n) is 6.96. The highest BCUT2D eigenvalue weighted by Gasteiger charge is 2.71. The number of nitrogens with one attached hydrogen (secondary N) is 1. The van der Waals surface area contributed by atoms with Gasteiger partial charge < -0.3 is 10.1 Å². The Kier molecular flexibility index (Phi) is 9.10. The Hall–Kier alpha value is -4.46. The molecule has 1 saturated heterocycles. The maximum Gasteiger partial charge on any atom is 0.338 e. The Morgan fingerprint density at radius 2 is 1.83 bits per heavy atom. The predicted molar refractivity (Wildman–Crippen MR) is 170 cm³/mol. The average Bonchev–Trinajstić information content (AvgIpc) is 3.74. The van der Waals surface area contributed by atoms with Crippen molar-refractivity contribution in [3.63, 3.8) is 0 Å². The largest absolute Gasteiger partial charge is 0.465 e. The summed E-state index contributed by atoms with van der Waals surface area (Å²) in [5.74, 6) is -4.74. The first-order chi connectivity index (χ1) is 21.9. The topological polar surface area (TPSA) is 162 Å². The van der Waals surface area contributed by atoms with Gasteiger partial charge in [-0.05, 0) is 49.1 Å². The van der Waals surface area contributed by atoms with E-state index in [1.165, 1.54) is 36.4 Å². The first-order valence-corrected chi connectivity index (χ1v) is 15.0. The molecule has 0 aromatic heterocycles. The minimum atomic E-state index is -1.86. The van der Waals surface area contributed by atoms with E-state index in [1.807, 2.05) is 0 Å². The SMILES string of the molecule is C.COC(=O)c1ccc(C(=O)C[C@H]2[C@@H]([N+](=O)[O-])[C@H](c3cccc(Cl)c3F)[C@]3(C(=O)Nc4cc(Cl)ccc43)N2CC2CC2)c([N+](=O)[O-])c1. The molecule has 3 aromatic carbocycles. The molecular formula is C32H29Cl2FN4O8. The highest BCUT2D eigenvalue weighted by molar-refractivity contribution is 6.31. The maximum absolute atomic E-state index is 15.9. The summed E-state index contributed by atoms with van der Waals surface area (Å²) < 4.78 is 20.6. The third kappa shape index (κ3) is 5.51. The van der Waals surface area contributed by atoms with Gasteiger partial charge in [0.2, 0.25) is 6.04 Å². The van der Waals surface area contributed by atoms with Gasteiger partial charge >= 0.3 is 5.97 Å². The van der Waals surface area contributed by atoms with Crippen molar-refractivity contribution in [2.24, 2.45) is 5.92 Å².